The zero-order valence-electron chi connectivity index (χ0n) is 36.0. The third-order valence-electron chi connectivity index (χ3n) is 11.8. The minimum atomic E-state index is -1.35. The number of hydrogen-bond donors (Lipinski definition) is 3. The van der Waals surface area contributed by atoms with Crippen molar-refractivity contribution < 1.29 is 43.0 Å². The second-order valence-corrected chi connectivity index (χ2v) is 16.8. The van der Waals surface area contributed by atoms with E-state index >= 15 is 0 Å². The minimum Gasteiger partial charge on any atom is -0.460 e. The first-order valence-electron chi connectivity index (χ1n) is 20.9. The largest absolute Gasteiger partial charge is 0.460 e. The van der Waals surface area contributed by atoms with Crippen molar-refractivity contribution in [1.29, 1.82) is 0 Å². The number of cyclic esters (lactones) is 2. The number of carbonyl (C=O) groups is 7. The van der Waals surface area contributed by atoms with Crippen LogP contribution in [-0.4, -0.2) is 108 Å². The zero-order chi connectivity index (χ0) is 43.3. The van der Waals surface area contributed by atoms with Crippen molar-refractivity contribution >= 4 is 41.5 Å². The quantitative estimate of drug-likeness (QED) is 0.169. The van der Waals surface area contributed by atoms with Gasteiger partial charge in [-0.05, 0) is 69.8 Å². The molecule has 0 radical (unpaired) electrons. The average molecular weight is 810 g/mol. The Bertz CT molecular complexity index is 1610. The smallest absolute Gasteiger partial charge is 0.329 e. The first-order chi connectivity index (χ1) is 27.4. The standard InChI is InChI=1S/C44H67N5O9/c1-11-14-16-23-33-44(8,9)43(56)47-35(27(4)5)40(53)48(10)32(25-30-20-17-15-18-21-30)42(55)58-37(29(7)13-3)41(54)49-24-19-22-31(49)38(51)46-36(28(6)12-2)39(52)45-26-34(50)57-33/h11,15,17-18,20-21,27-29,31-33,35-37H,1,12-14,16,19,22-26H2,2-10H3,(H,45,52)(H,46,51)(H,47,56)/t28-,29-,31?,32-,33-,35-,36-,37-/m0/s1. The lowest BCUT2D eigenvalue weighted by molar-refractivity contribution is -0.170. The summed E-state index contributed by atoms with van der Waals surface area (Å²) in [5, 5.41) is 8.34. The van der Waals surface area contributed by atoms with Gasteiger partial charge >= 0.3 is 11.9 Å². The molecule has 0 spiro atoms. The summed E-state index contributed by atoms with van der Waals surface area (Å²) >= 11 is 0. The number of fused-ring (bicyclic) bond motifs is 1. The van der Waals surface area contributed by atoms with Gasteiger partial charge in [-0.2, -0.15) is 0 Å². The molecule has 14 heteroatoms. The summed E-state index contributed by atoms with van der Waals surface area (Å²) in [6, 6.07) is 4.85. The van der Waals surface area contributed by atoms with Crippen LogP contribution in [0.5, 0.6) is 0 Å². The summed E-state index contributed by atoms with van der Waals surface area (Å²) in [7, 11) is 1.48. The van der Waals surface area contributed by atoms with Crippen molar-refractivity contribution in [1.82, 2.24) is 25.8 Å². The van der Waals surface area contributed by atoms with Gasteiger partial charge in [-0.15, -0.1) is 6.58 Å². The van der Waals surface area contributed by atoms with Gasteiger partial charge in [0.2, 0.25) is 23.6 Å². The molecule has 0 aliphatic carbocycles. The normalized spacial score (nSPS) is 26.9. The Morgan fingerprint density at radius 2 is 1.53 bits per heavy atom. The van der Waals surface area contributed by atoms with Gasteiger partial charge in [-0.3, -0.25) is 28.8 Å². The molecule has 0 saturated carbocycles. The fourth-order valence-electron chi connectivity index (χ4n) is 7.31. The van der Waals surface area contributed by atoms with E-state index in [9.17, 15) is 33.6 Å². The van der Waals surface area contributed by atoms with Crippen molar-refractivity contribution in [3.63, 3.8) is 0 Å². The molecule has 2 fully saturated rings. The number of likely N-dealkylation sites (N-methyl/N-ethyl adjacent to an activating group) is 1. The first kappa shape index (κ1) is 47.6. The molecule has 14 nitrogen and oxygen atoms in total. The molecule has 1 unspecified atom stereocenters. The minimum absolute atomic E-state index is 0.0583. The molecule has 2 heterocycles. The maximum Gasteiger partial charge on any atom is 0.329 e. The highest BCUT2D eigenvalue weighted by Gasteiger charge is 2.45. The van der Waals surface area contributed by atoms with Gasteiger partial charge in [0, 0.05) is 25.9 Å². The molecule has 2 saturated heterocycles. The van der Waals surface area contributed by atoms with Gasteiger partial charge in [0.15, 0.2) is 6.10 Å². The van der Waals surface area contributed by atoms with E-state index in [2.05, 4.69) is 22.5 Å². The molecule has 8 atom stereocenters. The van der Waals surface area contributed by atoms with Crippen LogP contribution < -0.4 is 16.0 Å². The summed E-state index contributed by atoms with van der Waals surface area (Å²) < 4.78 is 12.0. The van der Waals surface area contributed by atoms with Crippen LogP contribution in [0.3, 0.4) is 0 Å². The van der Waals surface area contributed by atoms with Crippen LogP contribution in [0.25, 0.3) is 0 Å². The van der Waals surface area contributed by atoms with Gasteiger partial charge in [-0.1, -0.05) is 84.4 Å². The summed E-state index contributed by atoms with van der Waals surface area (Å²) in [5.41, 5.74) is -0.611. The summed E-state index contributed by atoms with van der Waals surface area (Å²) in [6.45, 7) is 17.6. The number of carbonyl (C=O) groups excluding carboxylic acids is 7. The maximum absolute atomic E-state index is 14.5. The van der Waals surface area contributed by atoms with Crippen molar-refractivity contribution in [3.8, 4) is 0 Å². The number of benzene rings is 1. The van der Waals surface area contributed by atoms with Crippen molar-refractivity contribution in [2.24, 2.45) is 23.2 Å². The first-order valence-corrected chi connectivity index (χ1v) is 20.9. The fourth-order valence-corrected chi connectivity index (χ4v) is 7.31. The SMILES string of the molecule is C=CCCC[C@@H]1OC(=O)CNC(=O)[C@H]([C@@H](C)CC)NC(=O)C2CCCN2C(=O)[C@H]([C@@H](C)CC)OC(=O)[C@H](Cc2ccccc2)N(C)C(=O)[C@H](C(C)C)NC(=O)C1(C)C. The Labute approximate surface area is 344 Å². The lowest BCUT2D eigenvalue weighted by atomic mass is 9.82. The van der Waals surface area contributed by atoms with Crippen LogP contribution in [-0.2, 0) is 49.5 Å². The third-order valence-corrected chi connectivity index (χ3v) is 11.8. The van der Waals surface area contributed by atoms with Crippen LogP contribution in [0.1, 0.15) is 106 Å². The number of allylic oxidation sites excluding steroid dienone is 1. The predicted molar refractivity (Wildman–Crippen MR) is 220 cm³/mol. The van der Waals surface area contributed by atoms with E-state index in [0.29, 0.717) is 38.5 Å². The number of amides is 5. The Balaban J connectivity index is 2.16. The van der Waals surface area contributed by atoms with E-state index in [1.807, 2.05) is 44.2 Å². The molecule has 1 aromatic rings. The van der Waals surface area contributed by atoms with Crippen molar-refractivity contribution in [3.05, 3.63) is 48.6 Å². The summed E-state index contributed by atoms with van der Waals surface area (Å²) in [4.78, 5) is 101. The number of ether oxygens (including phenoxy) is 2. The van der Waals surface area contributed by atoms with E-state index in [1.165, 1.54) is 16.8 Å². The second kappa shape index (κ2) is 21.9. The fraction of sp³-hybridized carbons (Fsp3) is 0.659. The Morgan fingerprint density at radius 1 is 0.879 bits per heavy atom. The maximum atomic E-state index is 14.5. The molecule has 0 bridgehead atoms. The van der Waals surface area contributed by atoms with Gasteiger partial charge in [0.25, 0.3) is 5.91 Å². The molecule has 2 aliphatic rings. The van der Waals surface area contributed by atoms with Crippen LogP contribution >= 0.6 is 0 Å². The Morgan fingerprint density at radius 3 is 2.14 bits per heavy atom. The molecule has 1 aromatic carbocycles. The van der Waals surface area contributed by atoms with E-state index < -0.39 is 102 Å². The Hall–Kier alpha value is -4.75. The van der Waals surface area contributed by atoms with Gasteiger partial charge in [0.05, 0.1) is 5.41 Å². The van der Waals surface area contributed by atoms with Gasteiger partial charge in [-0.25, -0.2) is 4.79 Å². The number of rotatable bonds is 11. The monoisotopic (exact) mass is 809 g/mol. The van der Waals surface area contributed by atoms with Gasteiger partial charge < -0.3 is 35.2 Å². The molecule has 5 amide bonds. The van der Waals surface area contributed by atoms with Crippen molar-refractivity contribution in [2.45, 2.75) is 143 Å². The van der Waals surface area contributed by atoms with Crippen LogP contribution in [0.2, 0.25) is 0 Å². The third kappa shape index (κ3) is 12.1. The highest BCUT2D eigenvalue weighted by molar-refractivity contribution is 5.96. The molecule has 2 aliphatic heterocycles. The number of esters is 2. The lowest BCUT2D eigenvalue weighted by Gasteiger charge is -2.37. The number of hydrogen-bond acceptors (Lipinski definition) is 9. The predicted octanol–water partition coefficient (Wildman–Crippen LogP) is 4.10. The molecule has 0 aromatic heterocycles. The molecular formula is C44H67N5O9. The summed E-state index contributed by atoms with van der Waals surface area (Å²) in [6.07, 6.45) is 2.82. The van der Waals surface area contributed by atoms with Gasteiger partial charge in [0.1, 0.15) is 36.8 Å². The molecule has 3 N–H and O–H groups in total. The van der Waals surface area contributed by atoms with Crippen LogP contribution in [0, 0.1) is 23.2 Å². The number of nitrogens with one attached hydrogen (secondary N) is 3. The molecule has 58 heavy (non-hydrogen) atoms. The second-order valence-electron chi connectivity index (χ2n) is 16.8. The highest BCUT2D eigenvalue weighted by atomic mass is 16.6. The Kier molecular flexibility index (Phi) is 17.9. The summed E-state index contributed by atoms with van der Waals surface area (Å²) in [5.74, 6) is -5.60. The average Bonchev–Trinajstić information content (AvgIpc) is 3.70. The topological polar surface area (TPSA) is 181 Å². The molecule has 3 rings (SSSR count). The zero-order valence-corrected chi connectivity index (χ0v) is 36.0. The van der Waals surface area contributed by atoms with E-state index in [4.69, 9.17) is 9.47 Å². The lowest BCUT2D eigenvalue weighted by Crippen LogP contribution is -2.59. The van der Waals surface area contributed by atoms with E-state index in [-0.39, 0.29) is 25.3 Å². The highest BCUT2D eigenvalue weighted by Crippen LogP contribution is 2.30. The van der Waals surface area contributed by atoms with Crippen molar-refractivity contribution in [2.75, 3.05) is 20.1 Å². The number of unbranched alkanes of at least 4 members (excludes halogenated alkanes) is 1. The molecule has 322 valence electrons. The van der Waals surface area contributed by atoms with Crippen LogP contribution in [0.15, 0.2) is 43.0 Å². The van der Waals surface area contributed by atoms with E-state index in [1.54, 1.807) is 47.6 Å². The number of nitrogens with zero attached hydrogens (tertiary/aromatic N) is 2. The molecular weight excluding hydrogens is 743 g/mol. The van der Waals surface area contributed by atoms with Crippen LogP contribution in [0.4, 0.5) is 0 Å². The van der Waals surface area contributed by atoms with E-state index in [0.717, 1.165) is 5.56 Å².